The van der Waals surface area contributed by atoms with Crippen LogP contribution in [0.2, 0.25) is 0 Å². The van der Waals surface area contributed by atoms with E-state index in [2.05, 4.69) is 10.3 Å². The van der Waals surface area contributed by atoms with Gasteiger partial charge in [-0.05, 0) is 18.2 Å². The van der Waals surface area contributed by atoms with E-state index in [0.29, 0.717) is 17.9 Å². The molecule has 3 aromatic rings. The molecule has 0 radical (unpaired) electrons. The summed E-state index contributed by atoms with van der Waals surface area (Å²) in [4.78, 5) is 16.8. The molecule has 1 aromatic heterocycles. The van der Waals surface area contributed by atoms with E-state index in [9.17, 15) is 4.79 Å². The highest BCUT2D eigenvalue weighted by atomic mass is 16.5. The molecule has 0 fully saturated rings. The molecule has 5 nitrogen and oxygen atoms in total. The van der Waals surface area contributed by atoms with Crippen LogP contribution in [0, 0.1) is 0 Å². The van der Waals surface area contributed by atoms with Crippen LogP contribution in [0.15, 0.2) is 60.8 Å². The molecule has 5 heteroatoms. The number of carbonyl (C=O) groups is 1. The van der Waals surface area contributed by atoms with E-state index in [-0.39, 0.29) is 19.1 Å². The molecule has 0 aliphatic carbocycles. The van der Waals surface area contributed by atoms with Crippen molar-refractivity contribution in [3.63, 3.8) is 0 Å². The Balaban J connectivity index is 1.76. The average Bonchev–Trinajstić information content (AvgIpc) is 2.64. The van der Waals surface area contributed by atoms with Gasteiger partial charge in [-0.1, -0.05) is 36.4 Å². The van der Waals surface area contributed by atoms with Crippen LogP contribution in [0.5, 0.6) is 5.75 Å². The summed E-state index contributed by atoms with van der Waals surface area (Å²) in [5.41, 5.74) is 2.24. The Morgan fingerprint density at radius 3 is 2.75 bits per heavy atom. The summed E-state index contributed by atoms with van der Waals surface area (Å²) in [5, 5.41) is 12.6. The lowest BCUT2D eigenvalue weighted by atomic mass is 10.1. The maximum atomic E-state index is 12.5. The molecule has 122 valence electrons. The minimum absolute atomic E-state index is 0.0519. The predicted octanol–water partition coefficient (Wildman–Crippen LogP) is 2.54. The number of nitrogens with zero attached hydrogens (tertiary/aromatic N) is 1. The van der Waals surface area contributed by atoms with Crippen LogP contribution in [0.25, 0.3) is 10.9 Å². The Morgan fingerprint density at radius 1 is 1.08 bits per heavy atom. The smallest absolute Gasteiger partial charge is 0.252 e. The normalized spacial score (nSPS) is 10.5. The number of aromatic nitrogens is 1. The van der Waals surface area contributed by atoms with Crippen LogP contribution < -0.4 is 10.1 Å². The number of carbonyl (C=O) groups excluding carboxylic acids is 1. The number of hydrogen-bond acceptors (Lipinski definition) is 4. The molecule has 2 N–H and O–H groups in total. The summed E-state index contributed by atoms with van der Waals surface area (Å²) >= 11 is 0. The van der Waals surface area contributed by atoms with Crippen LogP contribution >= 0.6 is 0 Å². The van der Waals surface area contributed by atoms with Gasteiger partial charge in [-0.25, -0.2) is 0 Å². The Hall–Kier alpha value is -2.92. The zero-order valence-corrected chi connectivity index (χ0v) is 13.1. The van der Waals surface area contributed by atoms with E-state index in [1.54, 1.807) is 12.3 Å². The molecular weight excluding hydrogens is 304 g/mol. The van der Waals surface area contributed by atoms with E-state index in [4.69, 9.17) is 9.84 Å². The van der Waals surface area contributed by atoms with Gasteiger partial charge in [-0.15, -0.1) is 0 Å². The molecule has 1 amide bonds. The first-order valence-corrected chi connectivity index (χ1v) is 7.73. The average molecular weight is 322 g/mol. The maximum absolute atomic E-state index is 12.5. The molecule has 0 unspecified atom stereocenters. The van der Waals surface area contributed by atoms with Crippen LogP contribution in [-0.2, 0) is 6.54 Å². The largest absolute Gasteiger partial charge is 0.491 e. The first-order chi connectivity index (χ1) is 11.8. The molecule has 0 atom stereocenters. The first kappa shape index (κ1) is 16.0. The number of ether oxygens (including phenoxy) is 1. The second-order valence-corrected chi connectivity index (χ2v) is 5.24. The van der Waals surface area contributed by atoms with Crippen LogP contribution in [0.1, 0.15) is 15.9 Å². The number of fused-ring (bicyclic) bond motifs is 1. The quantitative estimate of drug-likeness (QED) is 0.731. The van der Waals surface area contributed by atoms with Gasteiger partial charge in [0, 0.05) is 23.7 Å². The lowest BCUT2D eigenvalue weighted by molar-refractivity contribution is 0.0952. The molecule has 0 saturated carbocycles. The molecular formula is C19H18N2O3. The third kappa shape index (κ3) is 3.52. The van der Waals surface area contributed by atoms with Crippen molar-refractivity contribution in [2.45, 2.75) is 6.54 Å². The fourth-order valence-corrected chi connectivity index (χ4v) is 2.51. The van der Waals surface area contributed by atoms with Gasteiger partial charge in [-0.3, -0.25) is 9.78 Å². The van der Waals surface area contributed by atoms with Crippen molar-refractivity contribution in [2.75, 3.05) is 13.2 Å². The molecule has 24 heavy (non-hydrogen) atoms. The predicted molar refractivity (Wildman–Crippen MR) is 91.9 cm³/mol. The minimum atomic E-state index is -0.162. The van der Waals surface area contributed by atoms with Crippen LogP contribution in [-0.4, -0.2) is 29.2 Å². The van der Waals surface area contributed by atoms with Gasteiger partial charge in [0.15, 0.2) is 0 Å². The number of hydrogen-bond donors (Lipinski definition) is 2. The lowest BCUT2D eigenvalue weighted by Crippen LogP contribution is -2.23. The van der Waals surface area contributed by atoms with Gasteiger partial charge in [0.2, 0.25) is 0 Å². The van der Waals surface area contributed by atoms with E-state index >= 15 is 0 Å². The van der Waals surface area contributed by atoms with Gasteiger partial charge in [-0.2, -0.15) is 0 Å². The molecule has 0 spiro atoms. The first-order valence-electron chi connectivity index (χ1n) is 7.73. The molecule has 0 saturated heterocycles. The number of benzene rings is 2. The van der Waals surface area contributed by atoms with Gasteiger partial charge < -0.3 is 15.2 Å². The van der Waals surface area contributed by atoms with Crippen molar-refractivity contribution < 1.29 is 14.6 Å². The van der Waals surface area contributed by atoms with E-state index < -0.39 is 0 Å². The highest BCUT2D eigenvalue weighted by Gasteiger charge is 2.11. The molecule has 1 heterocycles. The number of aliphatic hydroxyl groups excluding tert-OH is 1. The summed E-state index contributed by atoms with van der Waals surface area (Å²) in [6.45, 7) is 0.515. The second kappa shape index (κ2) is 7.57. The summed E-state index contributed by atoms with van der Waals surface area (Å²) in [7, 11) is 0. The molecule has 3 rings (SSSR count). The summed E-state index contributed by atoms with van der Waals surface area (Å²) in [6.07, 6.45) is 1.63. The highest BCUT2D eigenvalue weighted by Crippen LogP contribution is 2.19. The van der Waals surface area contributed by atoms with Crippen molar-refractivity contribution in [3.05, 3.63) is 71.9 Å². The van der Waals surface area contributed by atoms with Crippen molar-refractivity contribution in [2.24, 2.45) is 0 Å². The van der Waals surface area contributed by atoms with E-state index in [1.165, 1.54) is 0 Å². The third-order valence-electron chi connectivity index (χ3n) is 3.65. The number of nitrogens with one attached hydrogen (secondary N) is 1. The standard InChI is InChI=1S/C19H18N2O3/c22-11-12-24-18-8-4-1-5-14(18)13-21-19(23)16-9-10-20-17-7-3-2-6-15(16)17/h1-10,22H,11-13H2,(H,21,23). The summed E-state index contributed by atoms with van der Waals surface area (Å²) in [6, 6.07) is 16.7. The van der Waals surface area contributed by atoms with E-state index in [1.807, 2.05) is 48.5 Å². The van der Waals surface area contributed by atoms with Crippen molar-refractivity contribution in [1.29, 1.82) is 0 Å². The van der Waals surface area contributed by atoms with Gasteiger partial charge >= 0.3 is 0 Å². The Labute approximate surface area is 139 Å². The fraction of sp³-hybridized carbons (Fsp3) is 0.158. The zero-order valence-electron chi connectivity index (χ0n) is 13.1. The molecule has 0 aliphatic heterocycles. The molecule has 0 aliphatic rings. The van der Waals surface area contributed by atoms with Crippen molar-refractivity contribution in [1.82, 2.24) is 10.3 Å². The number of pyridine rings is 1. The van der Waals surface area contributed by atoms with Crippen LogP contribution in [0.4, 0.5) is 0 Å². The Morgan fingerprint density at radius 2 is 1.88 bits per heavy atom. The topological polar surface area (TPSA) is 71.5 Å². The van der Waals surface area contributed by atoms with Crippen molar-refractivity contribution >= 4 is 16.8 Å². The van der Waals surface area contributed by atoms with E-state index in [0.717, 1.165) is 16.5 Å². The Kier molecular flexibility index (Phi) is 5.03. The van der Waals surface area contributed by atoms with Gasteiger partial charge in [0.05, 0.1) is 17.7 Å². The number of para-hydroxylation sites is 2. The molecule has 2 aromatic carbocycles. The fourth-order valence-electron chi connectivity index (χ4n) is 2.51. The SMILES string of the molecule is O=C(NCc1ccccc1OCCO)c1ccnc2ccccc12. The van der Waals surface area contributed by atoms with Crippen LogP contribution in [0.3, 0.4) is 0 Å². The van der Waals surface area contributed by atoms with Crippen molar-refractivity contribution in [3.8, 4) is 5.75 Å². The zero-order chi connectivity index (χ0) is 16.8. The number of amides is 1. The number of aliphatic hydroxyl groups is 1. The minimum Gasteiger partial charge on any atom is -0.491 e. The monoisotopic (exact) mass is 322 g/mol. The van der Waals surface area contributed by atoms with Gasteiger partial charge in [0.25, 0.3) is 5.91 Å². The third-order valence-corrected chi connectivity index (χ3v) is 3.65. The molecule has 0 bridgehead atoms. The summed E-state index contributed by atoms with van der Waals surface area (Å²) < 4.78 is 5.48. The maximum Gasteiger partial charge on any atom is 0.252 e. The van der Waals surface area contributed by atoms with Gasteiger partial charge in [0.1, 0.15) is 12.4 Å². The Bertz CT molecular complexity index is 843. The second-order valence-electron chi connectivity index (χ2n) is 5.24. The summed E-state index contributed by atoms with van der Waals surface area (Å²) in [5.74, 6) is 0.497. The lowest BCUT2D eigenvalue weighted by Gasteiger charge is -2.12. The highest BCUT2D eigenvalue weighted by molar-refractivity contribution is 6.05. The number of rotatable bonds is 6.